The van der Waals surface area contributed by atoms with Crippen LogP contribution in [0.3, 0.4) is 0 Å². The van der Waals surface area contributed by atoms with E-state index in [1.807, 2.05) is 6.92 Å². The number of benzene rings is 2. The van der Waals surface area contributed by atoms with E-state index in [4.69, 9.17) is 32.7 Å². The number of nitrogens with zero attached hydrogens (tertiary/aromatic N) is 1. The monoisotopic (exact) mass is 447 g/mol. The molecule has 0 aliphatic rings. The second-order valence-electron chi connectivity index (χ2n) is 6.94. The van der Waals surface area contributed by atoms with Crippen molar-refractivity contribution in [3.05, 3.63) is 63.3 Å². The predicted molar refractivity (Wildman–Crippen MR) is 119 cm³/mol. The fourth-order valence-corrected chi connectivity index (χ4v) is 3.88. The average Bonchev–Trinajstić information content (AvgIpc) is 3.00. The van der Waals surface area contributed by atoms with Gasteiger partial charge in [0, 0.05) is 21.7 Å². The van der Waals surface area contributed by atoms with Gasteiger partial charge in [0.05, 0.1) is 30.7 Å². The molecule has 0 aliphatic heterocycles. The standard InChI is InChI=1S/C23H23Cl2NO4/c1-4-5-12-30-20(27)13-17-14(2)26(23(28)15-6-8-16(24)9-7-15)18-10-11-19(29-3)22(25)21(17)18/h6-11H,4-5,12-13H2,1-3H3. The van der Waals surface area contributed by atoms with Gasteiger partial charge in [0.25, 0.3) is 5.91 Å². The summed E-state index contributed by atoms with van der Waals surface area (Å²) in [6.07, 6.45) is 1.75. The Kier molecular flexibility index (Phi) is 7.06. The lowest BCUT2D eigenvalue weighted by molar-refractivity contribution is -0.142. The second-order valence-corrected chi connectivity index (χ2v) is 7.75. The SMILES string of the molecule is CCCCOC(=O)Cc1c(C)n(C(=O)c2ccc(Cl)cc2)c2ccc(OC)c(Cl)c12. The third kappa shape index (κ3) is 4.32. The third-order valence-corrected chi connectivity index (χ3v) is 5.62. The van der Waals surface area contributed by atoms with Crippen LogP contribution in [0.15, 0.2) is 36.4 Å². The highest BCUT2D eigenvalue weighted by Crippen LogP contribution is 2.38. The number of methoxy groups -OCH3 is 1. The van der Waals surface area contributed by atoms with Gasteiger partial charge in [-0.25, -0.2) is 0 Å². The number of esters is 1. The first kappa shape index (κ1) is 22.2. The molecule has 3 aromatic rings. The molecule has 0 saturated heterocycles. The highest BCUT2D eigenvalue weighted by atomic mass is 35.5. The van der Waals surface area contributed by atoms with E-state index in [-0.39, 0.29) is 18.3 Å². The zero-order valence-electron chi connectivity index (χ0n) is 17.1. The van der Waals surface area contributed by atoms with Crippen molar-refractivity contribution < 1.29 is 19.1 Å². The first-order valence-electron chi connectivity index (χ1n) is 9.71. The minimum atomic E-state index is -0.358. The van der Waals surface area contributed by atoms with E-state index in [0.717, 1.165) is 12.8 Å². The fraction of sp³-hybridized carbons (Fsp3) is 0.304. The molecule has 7 heteroatoms. The molecule has 0 saturated carbocycles. The Balaban J connectivity index is 2.13. The summed E-state index contributed by atoms with van der Waals surface area (Å²) in [5, 5.41) is 1.52. The molecule has 0 bridgehead atoms. The van der Waals surface area contributed by atoms with E-state index in [2.05, 4.69) is 0 Å². The molecular formula is C23H23Cl2NO4. The van der Waals surface area contributed by atoms with Gasteiger partial charge >= 0.3 is 5.97 Å². The first-order chi connectivity index (χ1) is 14.4. The van der Waals surface area contributed by atoms with Gasteiger partial charge in [0.1, 0.15) is 5.75 Å². The number of ether oxygens (including phenoxy) is 2. The van der Waals surface area contributed by atoms with Gasteiger partial charge in [-0.05, 0) is 55.3 Å². The van der Waals surface area contributed by atoms with Crippen molar-refractivity contribution >= 4 is 46.0 Å². The van der Waals surface area contributed by atoms with Crippen LogP contribution < -0.4 is 4.74 Å². The van der Waals surface area contributed by atoms with Crippen molar-refractivity contribution in [2.24, 2.45) is 0 Å². The number of aromatic nitrogens is 1. The molecule has 158 valence electrons. The smallest absolute Gasteiger partial charge is 0.310 e. The molecule has 0 unspecified atom stereocenters. The van der Waals surface area contributed by atoms with Gasteiger partial charge in [-0.15, -0.1) is 0 Å². The highest BCUT2D eigenvalue weighted by Gasteiger charge is 2.25. The molecular weight excluding hydrogens is 425 g/mol. The second kappa shape index (κ2) is 9.54. The number of rotatable bonds is 7. The van der Waals surface area contributed by atoms with Crippen LogP contribution in [0.25, 0.3) is 10.9 Å². The molecule has 0 aliphatic carbocycles. The average molecular weight is 448 g/mol. The van der Waals surface area contributed by atoms with Crippen LogP contribution in [-0.2, 0) is 16.0 Å². The van der Waals surface area contributed by atoms with Crippen molar-refractivity contribution in [2.45, 2.75) is 33.1 Å². The number of hydrogen-bond donors (Lipinski definition) is 0. The maximum atomic E-state index is 13.3. The summed E-state index contributed by atoms with van der Waals surface area (Å²) in [6.45, 7) is 4.19. The zero-order valence-corrected chi connectivity index (χ0v) is 18.6. The lowest BCUT2D eigenvalue weighted by Gasteiger charge is -2.08. The number of unbranched alkanes of at least 4 members (excludes halogenated alkanes) is 1. The van der Waals surface area contributed by atoms with E-state index in [1.165, 1.54) is 7.11 Å². The van der Waals surface area contributed by atoms with Crippen LogP contribution in [0.1, 0.15) is 41.4 Å². The number of fused-ring (bicyclic) bond motifs is 1. The summed E-state index contributed by atoms with van der Waals surface area (Å²) < 4.78 is 12.2. The normalized spacial score (nSPS) is 11.0. The summed E-state index contributed by atoms with van der Waals surface area (Å²) in [6, 6.07) is 10.1. The van der Waals surface area contributed by atoms with Crippen LogP contribution in [0, 0.1) is 6.92 Å². The van der Waals surface area contributed by atoms with Crippen molar-refractivity contribution in [2.75, 3.05) is 13.7 Å². The highest BCUT2D eigenvalue weighted by molar-refractivity contribution is 6.37. The molecule has 5 nitrogen and oxygen atoms in total. The summed E-state index contributed by atoms with van der Waals surface area (Å²) in [5.41, 5.74) is 2.36. The Morgan fingerprint density at radius 3 is 2.40 bits per heavy atom. The predicted octanol–water partition coefficient (Wildman–Crippen LogP) is 5.84. The van der Waals surface area contributed by atoms with Gasteiger partial charge in [-0.2, -0.15) is 0 Å². The molecule has 30 heavy (non-hydrogen) atoms. The van der Waals surface area contributed by atoms with Crippen LogP contribution in [0.4, 0.5) is 0 Å². The summed E-state index contributed by atoms with van der Waals surface area (Å²) in [4.78, 5) is 25.7. The topological polar surface area (TPSA) is 57.5 Å². The van der Waals surface area contributed by atoms with E-state index < -0.39 is 0 Å². The molecule has 1 heterocycles. The molecule has 2 aromatic carbocycles. The minimum absolute atomic E-state index is 0.0137. The third-order valence-electron chi connectivity index (χ3n) is 5.00. The Morgan fingerprint density at radius 1 is 1.07 bits per heavy atom. The van der Waals surface area contributed by atoms with Gasteiger partial charge in [0.2, 0.25) is 0 Å². The maximum absolute atomic E-state index is 13.3. The lowest BCUT2D eigenvalue weighted by Crippen LogP contribution is -2.14. The van der Waals surface area contributed by atoms with Gasteiger partial charge in [0.15, 0.2) is 0 Å². The van der Waals surface area contributed by atoms with Gasteiger partial charge in [-0.3, -0.25) is 14.2 Å². The zero-order chi connectivity index (χ0) is 21.8. The van der Waals surface area contributed by atoms with E-state index in [1.54, 1.807) is 47.9 Å². The van der Waals surface area contributed by atoms with Gasteiger partial charge in [-0.1, -0.05) is 36.5 Å². The van der Waals surface area contributed by atoms with Crippen molar-refractivity contribution in [3.8, 4) is 5.75 Å². The number of carbonyl (C=O) groups is 2. The summed E-state index contributed by atoms with van der Waals surface area (Å²) in [5.74, 6) is -0.120. The van der Waals surface area contributed by atoms with E-state index in [0.29, 0.717) is 50.1 Å². The Bertz CT molecular complexity index is 1090. The Hall–Kier alpha value is -2.50. The number of carbonyl (C=O) groups excluding carboxylic acids is 2. The maximum Gasteiger partial charge on any atom is 0.310 e. The Labute approximate surface area is 185 Å². The number of halogens is 2. The van der Waals surface area contributed by atoms with Crippen LogP contribution in [0.5, 0.6) is 5.75 Å². The van der Waals surface area contributed by atoms with Crippen LogP contribution in [0.2, 0.25) is 10.0 Å². The van der Waals surface area contributed by atoms with Crippen molar-refractivity contribution in [3.63, 3.8) is 0 Å². The minimum Gasteiger partial charge on any atom is -0.495 e. The van der Waals surface area contributed by atoms with Crippen LogP contribution in [-0.4, -0.2) is 30.2 Å². The molecule has 0 radical (unpaired) electrons. The summed E-state index contributed by atoms with van der Waals surface area (Å²) >= 11 is 12.6. The van der Waals surface area contributed by atoms with Gasteiger partial charge < -0.3 is 9.47 Å². The van der Waals surface area contributed by atoms with E-state index >= 15 is 0 Å². The molecule has 0 amide bonds. The van der Waals surface area contributed by atoms with Crippen molar-refractivity contribution in [1.29, 1.82) is 0 Å². The number of hydrogen-bond acceptors (Lipinski definition) is 4. The van der Waals surface area contributed by atoms with Crippen molar-refractivity contribution in [1.82, 2.24) is 4.57 Å². The molecule has 0 spiro atoms. The largest absolute Gasteiger partial charge is 0.495 e. The quantitative estimate of drug-likeness (QED) is 0.337. The Morgan fingerprint density at radius 2 is 1.77 bits per heavy atom. The van der Waals surface area contributed by atoms with Crippen LogP contribution >= 0.6 is 23.2 Å². The first-order valence-corrected chi connectivity index (χ1v) is 10.5. The molecule has 3 rings (SSSR count). The van der Waals surface area contributed by atoms with E-state index in [9.17, 15) is 9.59 Å². The molecule has 0 N–H and O–H groups in total. The fourth-order valence-electron chi connectivity index (χ4n) is 3.40. The molecule has 0 atom stereocenters. The lowest BCUT2D eigenvalue weighted by atomic mass is 10.1. The summed E-state index contributed by atoms with van der Waals surface area (Å²) in [7, 11) is 1.52. The molecule has 1 aromatic heterocycles. The molecule has 0 fully saturated rings.